The minimum Gasteiger partial charge on any atom is -0.437 e. The standard InChI is InChI=1S/C12H45O16Si17/c1-22-43(29,33-16)45(23-30-13,39(9,10)21)42(27-40(11,12)24-36(2,3)4,44(34-17,35-18)26-38(7,8)20)28-41(31-14,32-15)25-37(5,6)19/h13-21H,1-12H3. The van der Waals surface area contributed by atoms with Crippen molar-refractivity contribution in [2.45, 2.75) is 72.0 Å². The monoisotopic (exact) mass is 921 g/mol. The van der Waals surface area contributed by atoms with E-state index in [1.165, 1.54) is 46.4 Å². The van der Waals surface area contributed by atoms with Gasteiger partial charge in [-0.15, -0.1) is 0 Å². The van der Waals surface area contributed by atoms with Crippen LogP contribution in [0.2, 0.25) is 72.0 Å². The summed E-state index contributed by atoms with van der Waals surface area (Å²) in [5.41, 5.74) is 0. The van der Waals surface area contributed by atoms with E-state index in [0.717, 1.165) is 0 Å². The van der Waals surface area contributed by atoms with Crippen molar-refractivity contribution in [1.29, 1.82) is 0 Å². The maximum Gasteiger partial charge on any atom is 0.418 e. The van der Waals surface area contributed by atoms with Crippen molar-refractivity contribution in [2.75, 3.05) is 7.11 Å². The zero-order chi connectivity index (χ0) is 36.2. The van der Waals surface area contributed by atoms with Gasteiger partial charge in [0, 0.05) is 16.9 Å². The fourth-order valence-electron chi connectivity index (χ4n) is 4.68. The third-order valence-electron chi connectivity index (χ3n) is 5.58. The topological polar surface area (TPSA) is 247 Å². The fourth-order valence-corrected chi connectivity index (χ4v) is 213. The van der Waals surface area contributed by atoms with Gasteiger partial charge in [-0.25, -0.2) is 0 Å². The van der Waals surface area contributed by atoms with E-state index in [-0.39, 0.29) is 0 Å². The molecule has 0 spiro atoms. The molecule has 9 N–H and O–H groups in total. The summed E-state index contributed by atoms with van der Waals surface area (Å²) in [6.07, 6.45) is 0. The fraction of sp³-hybridized carbons (Fsp3) is 1.00. The quantitative estimate of drug-likeness (QED) is 0.0461. The molecule has 0 aromatic heterocycles. The van der Waals surface area contributed by atoms with Gasteiger partial charge < -0.3 is 72.3 Å². The summed E-state index contributed by atoms with van der Waals surface area (Å²) in [6, 6.07) is 0. The highest BCUT2D eigenvalue weighted by atomic mass is 30.3. The van der Waals surface area contributed by atoms with E-state index >= 15 is 0 Å². The summed E-state index contributed by atoms with van der Waals surface area (Å²) >= 11 is 0. The van der Waals surface area contributed by atoms with E-state index < -0.39 is 134 Å². The van der Waals surface area contributed by atoms with Crippen molar-refractivity contribution in [2.24, 2.45) is 0 Å². The summed E-state index contributed by atoms with van der Waals surface area (Å²) in [5, 5.41) is 0. The summed E-state index contributed by atoms with van der Waals surface area (Å²) in [7, 11) is -30.0. The molecule has 0 amide bonds. The van der Waals surface area contributed by atoms with E-state index in [4.69, 9.17) is 29.1 Å². The summed E-state index contributed by atoms with van der Waals surface area (Å²) in [4.78, 5) is 101. The highest BCUT2D eigenvalue weighted by Crippen LogP contribution is 2.44. The Morgan fingerprint density at radius 3 is 1.27 bits per heavy atom. The third-order valence-corrected chi connectivity index (χ3v) is 131. The van der Waals surface area contributed by atoms with Crippen molar-refractivity contribution < 1.29 is 72.3 Å². The lowest BCUT2D eigenvalue weighted by atomic mass is 11.8. The predicted octanol–water partition coefficient (Wildman–Crippen LogP) is -5.38. The lowest BCUT2D eigenvalue weighted by molar-refractivity contribution is 0.292. The summed E-state index contributed by atoms with van der Waals surface area (Å²) < 4.78 is 45.6. The Hall–Kier alpha value is 3.05. The third kappa shape index (κ3) is 11.5. The minimum absolute atomic E-state index is 1.10. The van der Waals surface area contributed by atoms with Crippen molar-refractivity contribution in [3.05, 3.63) is 0 Å². The SMILES string of the molecule is CO[Si]([Si])([Si]O)[Si](O[Si]O)([Si](C)(C)O)[Si](O[Si](C)(C)O[Si](C)(C)C)(O[Si](O[Si](C)(C)O)([Si]O)[Si]O)[Si](O[Si](C)(C)O)([Si]O)[Si]O. The first-order valence-electron chi connectivity index (χ1n) is 13.1. The van der Waals surface area contributed by atoms with Crippen molar-refractivity contribution in [1.82, 2.24) is 0 Å². The van der Waals surface area contributed by atoms with Gasteiger partial charge in [0.15, 0.2) is 8.32 Å². The average Bonchev–Trinajstić information content (AvgIpc) is 2.85. The van der Waals surface area contributed by atoms with Crippen LogP contribution in [-0.2, 0) is 29.1 Å². The molecule has 15 radical (unpaired) electrons. The number of hydrogen-bond acceptors (Lipinski definition) is 16. The van der Waals surface area contributed by atoms with Gasteiger partial charge in [-0.1, -0.05) is 0 Å². The second-order valence-electron chi connectivity index (χ2n) is 12.7. The van der Waals surface area contributed by atoms with E-state index in [2.05, 4.69) is 9.76 Å². The predicted molar refractivity (Wildman–Crippen MR) is 196 cm³/mol. The van der Waals surface area contributed by atoms with Gasteiger partial charge >= 0.3 is 50.9 Å². The Bertz CT molecular complexity index is 914. The van der Waals surface area contributed by atoms with E-state index in [1.807, 2.05) is 19.6 Å². The Kier molecular flexibility index (Phi) is 18.4. The molecule has 3 atom stereocenters. The van der Waals surface area contributed by atoms with Crippen LogP contribution in [0.25, 0.3) is 0 Å². The van der Waals surface area contributed by atoms with Crippen molar-refractivity contribution in [3.63, 3.8) is 0 Å². The molecule has 0 aliphatic rings. The average molecular weight is 923 g/mol. The smallest absolute Gasteiger partial charge is 0.418 e. The second kappa shape index (κ2) is 17.2. The molecule has 257 valence electrons. The highest BCUT2D eigenvalue weighted by Gasteiger charge is 2.88. The van der Waals surface area contributed by atoms with Gasteiger partial charge in [0.2, 0.25) is 42.5 Å². The molecular formula is C12H45O16Si17. The highest BCUT2D eigenvalue weighted by molar-refractivity contribution is 8.08. The summed E-state index contributed by atoms with van der Waals surface area (Å²) in [5.74, 6) is 0. The van der Waals surface area contributed by atoms with Crippen molar-refractivity contribution in [3.8, 4) is 0 Å². The Morgan fingerprint density at radius 2 is 1.00 bits per heavy atom. The Labute approximate surface area is 293 Å². The molecule has 0 aliphatic heterocycles. The largest absolute Gasteiger partial charge is 0.437 e. The summed E-state index contributed by atoms with van der Waals surface area (Å²) in [6.45, 7) is 3.97. The molecular weight excluding hydrogens is 878 g/mol. The first kappa shape index (κ1) is 48.0. The molecule has 0 aliphatic carbocycles. The molecule has 3 unspecified atom stereocenters. The molecule has 0 rings (SSSR count). The first-order valence-corrected chi connectivity index (χ1v) is 53.4. The van der Waals surface area contributed by atoms with Gasteiger partial charge in [0.05, 0.1) is 0 Å². The second-order valence-corrected chi connectivity index (χ2v) is 92.2. The van der Waals surface area contributed by atoms with Crippen LogP contribution < -0.4 is 0 Å². The van der Waals surface area contributed by atoms with E-state index in [1.54, 1.807) is 13.1 Å². The van der Waals surface area contributed by atoms with Crippen molar-refractivity contribution >= 4 is 144 Å². The molecule has 0 heterocycles. The maximum absolute atomic E-state index is 12.5. The minimum atomic E-state index is -5.18. The zero-order valence-electron chi connectivity index (χ0n) is 27.4. The van der Waals surface area contributed by atoms with Crippen LogP contribution in [0, 0.1) is 0 Å². The maximum atomic E-state index is 12.5. The van der Waals surface area contributed by atoms with Gasteiger partial charge in [-0.3, -0.25) is 0 Å². The molecule has 45 heavy (non-hydrogen) atoms. The van der Waals surface area contributed by atoms with E-state index in [0.29, 0.717) is 0 Å². The van der Waals surface area contributed by atoms with Crippen LogP contribution in [0.3, 0.4) is 0 Å². The molecule has 0 bridgehead atoms. The van der Waals surface area contributed by atoms with Gasteiger partial charge in [-0.2, -0.15) is 0 Å². The molecule has 0 fully saturated rings. The van der Waals surface area contributed by atoms with Crippen LogP contribution in [0.4, 0.5) is 0 Å². The molecule has 0 saturated heterocycles. The Morgan fingerprint density at radius 1 is 0.556 bits per heavy atom. The molecule has 0 aromatic carbocycles. The number of hydrogen-bond donors (Lipinski definition) is 9. The van der Waals surface area contributed by atoms with Crippen LogP contribution in [0.15, 0.2) is 0 Å². The lowest BCUT2D eigenvalue weighted by Gasteiger charge is -2.62. The molecule has 16 nitrogen and oxygen atoms in total. The lowest BCUT2D eigenvalue weighted by Crippen LogP contribution is -3.03. The Balaban J connectivity index is 9.19. The van der Waals surface area contributed by atoms with Crippen LogP contribution in [0.1, 0.15) is 0 Å². The van der Waals surface area contributed by atoms with Crippen LogP contribution in [-0.4, -0.2) is 194 Å². The molecule has 0 aromatic rings. The molecule has 0 saturated carbocycles. The van der Waals surface area contributed by atoms with Gasteiger partial charge in [0.25, 0.3) is 32.3 Å². The van der Waals surface area contributed by atoms with Gasteiger partial charge in [0.1, 0.15) is 0 Å². The van der Waals surface area contributed by atoms with Crippen LogP contribution >= 0.6 is 0 Å². The first-order chi connectivity index (χ1) is 20.0. The van der Waals surface area contributed by atoms with Crippen LogP contribution in [0.5, 0.6) is 0 Å². The van der Waals surface area contributed by atoms with Gasteiger partial charge in [-0.05, 0) is 72.0 Å². The molecule has 33 heteroatoms. The zero-order valence-corrected chi connectivity index (χ0v) is 44.4. The normalized spacial score (nSPS) is 18.8. The number of rotatable bonds is 22. The van der Waals surface area contributed by atoms with E-state index in [9.17, 15) is 43.2 Å².